The van der Waals surface area contributed by atoms with Crippen molar-refractivity contribution in [3.8, 4) is 0 Å². The van der Waals surface area contributed by atoms with Gasteiger partial charge in [-0.15, -0.1) is 0 Å². The van der Waals surface area contributed by atoms with E-state index in [4.69, 9.17) is 0 Å². The van der Waals surface area contributed by atoms with E-state index < -0.39 is 10.0 Å². The molecule has 0 N–H and O–H groups in total. The molecule has 0 bridgehead atoms. The zero-order valence-corrected chi connectivity index (χ0v) is 13.7. The number of halogens is 1. The van der Waals surface area contributed by atoms with Gasteiger partial charge in [0.1, 0.15) is 0 Å². The second kappa shape index (κ2) is 5.27. The van der Waals surface area contributed by atoms with Crippen LogP contribution in [0.25, 0.3) is 11.0 Å². The van der Waals surface area contributed by atoms with Gasteiger partial charge in [-0.05, 0) is 36.8 Å². The van der Waals surface area contributed by atoms with E-state index in [2.05, 4.69) is 20.9 Å². The van der Waals surface area contributed by atoms with Crippen LogP contribution >= 0.6 is 15.9 Å². The summed E-state index contributed by atoms with van der Waals surface area (Å²) in [6.45, 7) is 1.92. The van der Waals surface area contributed by atoms with E-state index in [0.717, 1.165) is 16.5 Å². The summed E-state index contributed by atoms with van der Waals surface area (Å²) in [6, 6.07) is 10.5. The van der Waals surface area contributed by atoms with Crippen LogP contribution in [0.2, 0.25) is 0 Å². The number of hydrogen-bond donors (Lipinski definition) is 0. The molecule has 0 spiro atoms. The molecule has 6 heteroatoms. The highest BCUT2D eigenvalue weighted by Gasteiger charge is 2.21. The second-order valence-corrected chi connectivity index (χ2v) is 7.15. The number of benzene rings is 1. The van der Waals surface area contributed by atoms with Crippen molar-refractivity contribution in [2.45, 2.75) is 17.1 Å². The number of hydrogen-bond acceptors (Lipinski definition) is 3. The van der Waals surface area contributed by atoms with Crippen molar-refractivity contribution in [1.82, 2.24) is 8.96 Å². The van der Waals surface area contributed by atoms with Crippen LogP contribution in [-0.2, 0) is 15.4 Å². The van der Waals surface area contributed by atoms with Crippen LogP contribution in [0.5, 0.6) is 0 Å². The Bertz CT molecular complexity index is 899. The molecular weight excluding hydrogens is 352 g/mol. The molecule has 0 saturated carbocycles. The molecule has 1 aromatic carbocycles. The summed E-state index contributed by atoms with van der Waals surface area (Å²) in [6.07, 6.45) is 3.23. The Labute approximate surface area is 131 Å². The summed E-state index contributed by atoms with van der Waals surface area (Å²) >= 11 is 3.39. The molecule has 0 fully saturated rings. The zero-order valence-electron chi connectivity index (χ0n) is 11.3. The van der Waals surface area contributed by atoms with Crippen molar-refractivity contribution in [3.63, 3.8) is 0 Å². The van der Waals surface area contributed by atoms with Gasteiger partial charge in [-0.3, -0.25) is 0 Å². The summed E-state index contributed by atoms with van der Waals surface area (Å²) < 4.78 is 26.8. The number of pyridine rings is 1. The molecule has 0 radical (unpaired) electrons. The SMILES string of the molecule is Cc1ccc(S(=O)(=O)n2cc(CBr)c3cccnc32)cc1. The fourth-order valence-corrected chi connectivity index (χ4v) is 4.00. The third kappa shape index (κ3) is 2.38. The standard InChI is InChI=1S/C15H13BrN2O2S/c1-11-4-6-13(7-5-11)21(19,20)18-10-12(9-16)14-3-2-8-17-15(14)18/h2-8,10H,9H2,1H3. The number of fused-ring (bicyclic) bond motifs is 1. The molecule has 21 heavy (non-hydrogen) atoms. The fourth-order valence-electron chi connectivity index (χ4n) is 2.21. The lowest BCUT2D eigenvalue weighted by atomic mass is 10.2. The van der Waals surface area contributed by atoms with Crippen LogP contribution in [0.3, 0.4) is 0 Å². The minimum atomic E-state index is -3.64. The molecule has 2 aromatic heterocycles. The van der Waals surface area contributed by atoms with Crippen LogP contribution in [-0.4, -0.2) is 17.4 Å². The maximum Gasteiger partial charge on any atom is 0.269 e. The Morgan fingerprint density at radius 1 is 1.19 bits per heavy atom. The predicted molar refractivity (Wildman–Crippen MR) is 86.1 cm³/mol. The molecule has 2 heterocycles. The Morgan fingerprint density at radius 2 is 1.90 bits per heavy atom. The van der Waals surface area contributed by atoms with Crippen LogP contribution in [0.1, 0.15) is 11.1 Å². The maximum absolute atomic E-state index is 12.8. The van der Waals surface area contributed by atoms with E-state index in [1.807, 2.05) is 13.0 Å². The van der Waals surface area contributed by atoms with E-state index in [1.165, 1.54) is 3.97 Å². The Kier molecular flexibility index (Phi) is 3.59. The predicted octanol–water partition coefficient (Wildman–Crippen LogP) is 3.48. The molecule has 0 atom stereocenters. The monoisotopic (exact) mass is 364 g/mol. The van der Waals surface area contributed by atoms with Crippen molar-refractivity contribution in [1.29, 1.82) is 0 Å². The van der Waals surface area contributed by atoms with Crippen molar-refractivity contribution in [2.75, 3.05) is 0 Å². The molecule has 0 unspecified atom stereocenters. The van der Waals surface area contributed by atoms with E-state index in [-0.39, 0.29) is 4.90 Å². The second-order valence-electron chi connectivity index (χ2n) is 4.78. The summed E-state index contributed by atoms with van der Waals surface area (Å²) in [5.41, 5.74) is 2.37. The summed E-state index contributed by atoms with van der Waals surface area (Å²) in [7, 11) is -3.64. The van der Waals surface area contributed by atoms with Crippen LogP contribution < -0.4 is 0 Å². The highest BCUT2D eigenvalue weighted by atomic mass is 79.9. The van der Waals surface area contributed by atoms with Crippen molar-refractivity contribution in [2.24, 2.45) is 0 Å². The molecule has 0 saturated heterocycles. The first-order valence-electron chi connectivity index (χ1n) is 6.37. The van der Waals surface area contributed by atoms with Crippen molar-refractivity contribution < 1.29 is 8.42 Å². The van der Waals surface area contributed by atoms with Gasteiger partial charge >= 0.3 is 0 Å². The van der Waals surface area contributed by atoms with Gasteiger partial charge < -0.3 is 0 Å². The minimum Gasteiger partial charge on any atom is -0.237 e. The molecular formula is C15H13BrN2O2S. The number of alkyl halides is 1. The lowest BCUT2D eigenvalue weighted by Gasteiger charge is -2.07. The average molecular weight is 365 g/mol. The first-order chi connectivity index (χ1) is 10.0. The number of rotatable bonds is 3. The summed E-state index contributed by atoms with van der Waals surface area (Å²) in [5.74, 6) is 0. The van der Waals surface area contributed by atoms with E-state index >= 15 is 0 Å². The van der Waals surface area contributed by atoms with Crippen LogP contribution in [0.15, 0.2) is 53.7 Å². The fraction of sp³-hybridized carbons (Fsp3) is 0.133. The van der Waals surface area contributed by atoms with Gasteiger partial charge in [0.2, 0.25) is 0 Å². The van der Waals surface area contributed by atoms with E-state index in [1.54, 1.807) is 42.7 Å². The zero-order chi connectivity index (χ0) is 15.0. The molecule has 3 rings (SSSR count). The van der Waals surface area contributed by atoms with Crippen LogP contribution in [0.4, 0.5) is 0 Å². The van der Waals surface area contributed by atoms with Crippen molar-refractivity contribution >= 4 is 37.0 Å². The lowest BCUT2D eigenvalue weighted by Crippen LogP contribution is -2.12. The maximum atomic E-state index is 12.8. The molecule has 0 aliphatic carbocycles. The minimum absolute atomic E-state index is 0.261. The Morgan fingerprint density at radius 3 is 2.57 bits per heavy atom. The topological polar surface area (TPSA) is 52.0 Å². The largest absolute Gasteiger partial charge is 0.269 e. The summed E-state index contributed by atoms with van der Waals surface area (Å²) in [4.78, 5) is 4.48. The molecule has 3 aromatic rings. The first kappa shape index (κ1) is 14.3. The van der Waals surface area contributed by atoms with Crippen LogP contribution in [0, 0.1) is 6.92 Å². The summed E-state index contributed by atoms with van der Waals surface area (Å²) in [5, 5.41) is 1.41. The normalized spacial score (nSPS) is 11.9. The van der Waals surface area contributed by atoms with Gasteiger partial charge in [0, 0.05) is 23.1 Å². The number of aromatic nitrogens is 2. The average Bonchev–Trinajstić information content (AvgIpc) is 2.87. The molecule has 0 aliphatic heterocycles. The molecule has 0 amide bonds. The number of nitrogens with zero attached hydrogens (tertiary/aromatic N) is 2. The van der Waals surface area contributed by atoms with Crippen molar-refractivity contribution in [3.05, 3.63) is 59.9 Å². The van der Waals surface area contributed by atoms with E-state index in [0.29, 0.717) is 11.0 Å². The lowest BCUT2D eigenvalue weighted by molar-refractivity contribution is 0.588. The smallest absolute Gasteiger partial charge is 0.237 e. The molecule has 108 valence electrons. The van der Waals surface area contributed by atoms with Gasteiger partial charge in [0.05, 0.1) is 4.90 Å². The van der Waals surface area contributed by atoms with E-state index in [9.17, 15) is 8.42 Å². The van der Waals surface area contributed by atoms with Gasteiger partial charge in [-0.2, -0.15) is 0 Å². The first-order valence-corrected chi connectivity index (χ1v) is 8.93. The Balaban J connectivity index is 2.26. The third-order valence-corrected chi connectivity index (χ3v) is 5.60. The van der Waals surface area contributed by atoms with Gasteiger partial charge in [0.25, 0.3) is 10.0 Å². The quantitative estimate of drug-likeness (QED) is 0.668. The Hall–Kier alpha value is -1.66. The van der Waals surface area contributed by atoms with Gasteiger partial charge in [-0.25, -0.2) is 17.4 Å². The highest BCUT2D eigenvalue weighted by molar-refractivity contribution is 9.08. The van der Waals surface area contributed by atoms with Gasteiger partial charge in [0.15, 0.2) is 5.65 Å². The molecule has 4 nitrogen and oxygen atoms in total. The molecule has 0 aliphatic rings. The third-order valence-electron chi connectivity index (χ3n) is 3.34. The number of aryl methyl sites for hydroxylation is 1. The van der Waals surface area contributed by atoms with Gasteiger partial charge in [-0.1, -0.05) is 33.6 Å². The highest BCUT2D eigenvalue weighted by Crippen LogP contribution is 2.25.